The summed E-state index contributed by atoms with van der Waals surface area (Å²) in [6.07, 6.45) is 1.46. The number of benzene rings is 1. The van der Waals surface area contributed by atoms with Gasteiger partial charge in [-0.15, -0.1) is 0 Å². The first kappa shape index (κ1) is 22.3. The van der Waals surface area contributed by atoms with Crippen molar-refractivity contribution in [2.24, 2.45) is 17.8 Å². The molecule has 0 bridgehead atoms. The van der Waals surface area contributed by atoms with Crippen LogP contribution in [0, 0.1) is 29.6 Å². The van der Waals surface area contributed by atoms with Crippen LogP contribution in [-0.4, -0.2) is 66.6 Å². The van der Waals surface area contributed by atoms with Crippen molar-refractivity contribution in [1.29, 1.82) is 0 Å². The zero-order valence-corrected chi connectivity index (χ0v) is 18.7. The lowest BCUT2D eigenvalue weighted by Gasteiger charge is -2.21. The van der Waals surface area contributed by atoms with Gasteiger partial charge in [-0.3, -0.25) is 4.79 Å². The summed E-state index contributed by atoms with van der Waals surface area (Å²) in [5.74, 6) is 8.32. The third-order valence-corrected chi connectivity index (χ3v) is 6.53. The van der Waals surface area contributed by atoms with Crippen LogP contribution in [0.4, 0.5) is 0 Å². The molecule has 0 spiro atoms. The highest BCUT2D eigenvalue weighted by Gasteiger charge is 2.56. The van der Waals surface area contributed by atoms with Crippen LogP contribution in [0.2, 0.25) is 0 Å². The number of amides is 1. The largest absolute Gasteiger partial charge is 0.393 e. The molecular weight excluding hydrogens is 436 g/mol. The highest BCUT2D eigenvalue weighted by molar-refractivity contribution is 5.81. The van der Waals surface area contributed by atoms with Crippen molar-refractivity contribution in [3.63, 3.8) is 0 Å². The number of aromatic nitrogens is 3. The van der Waals surface area contributed by atoms with E-state index in [0.717, 1.165) is 16.8 Å². The number of hydrogen-bond donors (Lipinski definition) is 3. The molecule has 1 saturated carbocycles. The second-order valence-corrected chi connectivity index (χ2v) is 8.91. The van der Waals surface area contributed by atoms with E-state index in [1.54, 1.807) is 24.2 Å². The summed E-state index contributed by atoms with van der Waals surface area (Å²) >= 11 is 0. The Morgan fingerprint density at radius 1 is 1.24 bits per heavy atom. The minimum absolute atomic E-state index is 0.265. The fourth-order valence-electron chi connectivity index (χ4n) is 4.61. The molecule has 4 atom stereocenters. The van der Waals surface area contributed by atoms with Gasteiger partial charge in [-0.1, -0.05) is 17.0 Å². The molecule has 9 nitrogen and oxygen atoms in total. The molecule has 2 aromatic heterocycles. The Morgan fingerprint density at radius 2 is 1.97 bits per heavy atom. The van der Waals surface area contributed by atoms with Gasteiger partial charge in [0.1, 0.15) is 17.6 Å². The minimum Gasteiger partial charge on any atom is -0.393 e. The number of likely N-dealkylation sites (tertiary alicyclic amines) is 1. The molecule has 1 aliphatic carbocycles. The maximum Gasteiger partial charge on any atom is 0.253 e. The van der Waals surface area contributed by atoms with Crippen molar-refractivity contribution < 1.29 is 24.6 Å². The molecule has 3 unspecified atom stereocenters. The van der Waals surface area contributed by atoms with Crippen LogP contribution in [-0.2, 0) is 11.3 Å². The molecule has 9 heteroatoms. The predicted octanol–water partition coefficient (Wildman–Crippen LogP) is 1.05. The number of rotatable bonds is 6. The number of nitrogens with zero attached hydrogens (tertiary/aromatic N) is 4. The Labute approximate surface area is 196 Å². The number of aliphatic hydroxyl groups is 3. The molecule has 1 aliphatic heterocycles. The Kier molecular flexibility index (Phi) is 5.96. The van der Waals surface area contributed by atoms with Crippen molar-refractivity contribution in [3.8, 4) is 23.2 Å². The number of carbonyl (C=O) groups excluding carboxylic acids is 1. The summed E-state index contributed by atoms with van der Waals surface area (Å²) in [5, 5.41) is 32.4. The predicted molar refractivity (Wildman–Crippen MR) is 121 cm³/mol. The van der Waals surface area contributed by atoms with Gasteiger partial charge >= 0.3 is 0 Å². The Morgan fingerprint density at radius 3 is 2.65 bits per heavy atom. The smallest absolute Gasteiger partial charge is 0.253 e. The zero-order valence-electron chi connectivity index (χ0n) is 18.7. The quantitative estimate of drug-likeness (QED) is 0.468. The number of hydrogen-bond acceptors (Lipinski definition) is 7. The summed E-state index contributed by atoms with van der Waals surface area (Å²) < 4.78 is 7.34. The molecule has 0 radical (unpaired) electrons. The number of imidazole rings is 1. The molecule has 34 heavy (non-hydrogen) atoms. The molecule has 1 amide bonds. The first-order valence-corrected chi connectivity index (χ1v) is 11.3. The lowest BCUT2D eigenvalue weighted by atomic mass is 10.1. The number of piperidine rings is 1. The van der Waals surface area contributed by atoms with Crippen molar-refractivity contribution in [1.82, 2.24) is 19.6 Å². The summed E-state index contributed by atoms with van der Waals surface area (Å²) in [7, 11) is 0. The highest BCUT2D eigenvalue weighted by atomic mass is 16.5. The van der Waals surface area contributed by atoms with Crippen molar-refractivity contribution >= 4 is 5.91 Å². The standard InChI is InChI=1S/C25H26N4O5/c1-15(31)24-26-8-9-28(24)11-18-10-23(34-27-18)17-5-2-16(3-6-17)4-7-19-20-12-29(13-21(19)20)25(33)22(32)14-30/h2-3,5-6,8-10,15,19-22,30-32H,11-14H2,1H3/t15-,19?,20?,21?,22?/m0/s1. The summed E-state index contributed by atoms with van der Waals surface area (Å²) in [5.41, 5.74) is 2.53. The van der Waals surface area contributed by atoms with Crippen molar-refractivity contribution in [2.45, 2.75) is 25.7 Å². The van der Waals surface area contributed by atoms with E-state index < -0.39 is 24.7 Å². The van der Waals surface area contributed by atoms with E-state index in [9.17, 15) is 15.0 Å². The summed E-state index contributed by atoms with van der Waals surface area (Å²) in [4.78, 5) is 17.7. The average Bonchev–Trinajstić information content (AvgIpc) is 3.34. The second-order valence-electron chi connectivity index (χ2n) is 8.91. The Balaban J connectivity index is 1.18. The van der Waals surface area contributed by atoms with Gasteiger partial charge in [-0.05, 0) is 43.0 Å². The molecule has 1 aromatic carbocycles. The lowest BCUT2D eigenvalue weighted by Crippen LogP contribution is -2.40. The molecule has 3 heterocycles. The van der Waals surface area contributed by atoms with E-state index in [-0.39, 0.29) is 5.92 Å². The zero-order chi connectivity index (χ0) is 23.8. The maximum absolute atomic E-state index is 12.0. The van der Waals surface area contributed by atoms with Crippen LogP contribution < -0.4 is 0 Å². The van der Waals surface area contributed by atoms with Gasteiger partial charge in [0.25, 0.3) is 5.91 Å². The van der Waals surface area contributed by atoms with E-state index in [1.165, 1.54) is 0 Å². The van der Waals surface area contributed by atoms with Gasteiger partial charge in [-0.2, -0.15) is 0 Å². The first-order valence-electron chi connectivity index (χ1n) is 11.3. The van der Waals surface area contributed by atoms with Crippen LogP contribution in [0.5, 0.6) is 0 Å². The van der Waals surface area contributed by atoms with Gasteiger partial charge in [0.05, 0.1) is 13.2 Å². The van der Waals surface area contributed by atoms with Crippen LogP contribution in [0.25, 0.3) is 11.3 Å². The molecule has 3 aromatic rings. The third kappa shape index (κ3) is 4.35. The van der Waals surface area contributed by atoms with Crippen LogP contribution in [0.15, 0.2) is 47.2 Å². The summed E-state index contributed by atoms with van der Waals surface area (Å²) in [6, 6.07) is 9.64. The van der Waals surface area contributed by atoms with Gasteiger partial charge in [-0.25, -0.2) is 4.98 Å². The molecule has 3 N–H and O–H groups in total. The fraction of sp³-hybridized carbons (Fsp3) is 0.400. The lowest BCUT2D eigenvalue weighted by molar-refractivity contribution is -0.141. The third-order valence-electron chi connectivity index (χ3n) is 6.53. The minimum atomic E-state index is -1.33. The van der Waals surface area contributed by atoms with Crippen LogP contribution in [0.3, 0.4) is 0 Å². The van der Waals surface area contributed by atoms with Crippen LogP contribution >= 0.6 is 0 Å². The van der Waals surface area contributed by atoms with Crippen LogP contribution in [0.1, 0.15) is 30.1 Å². The van der Waals surface area contributed by atoms with Gasteiger partial charge in [0.2, 0.25) is 0 Å². The van der Waals surface area contributed by atoms with Crippen molar-refractivity contribution in [2.75, 3.05) is 19.7 Å². The second kappa shape index (κ2) is 9.06. The van der Waals surface area contributed by atoms with E-state index >= 15 is 0 Å². The number of carbonyl (C=O) groups is 1. The van der Waals surface area contributed by atoms with E-state index in [0.29, 0.717) is 43.1 Å². The maximum atomic E-state index is 12.0. The molecule has 5 rings (SSSR count). The van der Waals surface area contributed by atoms with Crippen molar-refractivity contribution in [3.05, 3.63) is 59.8 Å². The number of aliphatic hydroxyl groups excluding tert-OH is 3. The van der Waals surface area contributed by atoms with E-state index in [2.05, 4.69) is 22.0 Å². The highest BCUT2D eigenvalue weighted by Crippen LogP contribution is 2.51. The fourth-order valence-corrected chi connectivity index (χ4v) is 4.61. The average molecular weight is 463 g/mol. The van der Waals surface area contributed by atoms with Gasteiger partial charge in [0.15, 0.2) is 11.9 Å². The Hall–Kier alpha value is -3.45. The number of fused-ring (bicyclic) bond motifs is 1. The monoisotopic (exact) mass is 462 g/mol. The topological polar surface area (TPSA) is 125 Å². The SMILES string of the molecule is C[C@H](O)c1nccn1Cc1cc(-c2ccc(C#CC3C4CN(C(=O)C(O)CO)CC34)cc2)on1. The van der Waals surface area contributed by atoms with E-state index in [1.807, 2.05) is 34.9 Å². The molecule has 176 valence electrons. The molecular formula is C25H26N4O5. The summed E-state index contributed by atoms with van der Waals surface area (Å²) in [6.45, 7) is 2.76. The van der Waals surface area contributed by atoms with Gasteiger partial charge < -0.3 is 29.3 Å². The Bertz CT molecular complexity index is 1220. The van der Waals surface area contributed by atoms with E-state index in [4.69, 9.17) is 9.63 Å². The molecule has 1 saturated heterocycles. The van der Waals surface area contributed by atoms with Gasteiger partial charge in [0, 0.05) is 48.6 Å². The molecule has 2 aliphatic rings. The first-order chi connectivity index (χ1) is 16.4. The normalized spacial score (nSPS) is 22.6. The molecule has 2 fully saturated rings.